The minimum Gasteiger partial charge on any atom is -0.385 e. The number of rotatable bonds is 6. The van der Waals surface area contributed by atoms with E-state index in [1.165, 1.54) is 25.7 Å². The van der Waals surface area contributed by atoms with Crippen molar-refractivity contribution in [1.82, 2.24) is 4.90 Å². The summed E-state index contributed by atoms with van der Waals surface area (Å²) in [6.45, 7) is 5.45. The Labute approximate surface area is 113 Å². The van der Waals surface area contributed by atoms with Crippen molar-refractivity contribution in [2.45, 2.75) is 57.5 Å². The first-order valence-electron chi connectivity index (χ1n) is 7.36. The minimum atomic E-state index is 0.185. The van der Waals surface area contributed by atoms with Crippen LogP contribution in [0.1, 0.15) is 46.0 Å². The summed E-state index contributed by atoms with van der Waals surface area (Å²) in [4.78, 5) is 2.39. The second-order valence-electron chi connectivity index (χ2n) is 6.48. The summed E-state index contributed by atoms with van der Waals surface area (Å²) in [5, 5.41) is 0. The zero-order valence-corrected chi connectivity index (χ0v) is 12.9. The van der Waals surface area contributed by atoms with Crippen LogP contribution < -0.4 is 5.73 Å². The van der Waals surface area contributed by atoms with Crippen LogP contribution in [-0.2, 0) is 4.74 Å². The molecule has 0 spiro atoms. The van der Waals surface area contributed by atoms with E-state index in [1.54, 1.807) is 7.11 Å². The molecule has 4 unspecified atom stereocenters. The lowest BCUT2D eigenvalue weighted by Crippen LogP contribution is -2.61. The van der Waals surface area contributed by atoms with E-state index in [0.29, 0.717) is 5.92 Å². The molecule has 2 N–H and O–H groups in total. The number of nitrogens with zero attached hydrogens (tertiary/aromatic N) is 1. The van der Waals surface area contributed by atoms with Crippen LogP contribution in [0.25, 0.3) is 0 Å². The second-order valence-corrected chi connectivity index (χ2v) is 6.48. The highest BCUT2D eigenvalue weighted by Crippen LogP contribution is 2.39. The molecule has 1 saturated carbocycles. The summed E-state index contributed by atoms with van der Waals surface area (Å²) >= 11 is 0. The van der Waals surface area contributed by atoms with E-state index in [-0.39, 0.29) is 11.6 Å². The molecule has 1 fully saturated rings. The maximum Gasteiger partial charge on any atom is 0.0465 e. The fourth-order valence-corrected chi connectivity index (χ4v) is 3.58. The predicted molar refractivity (Wildman–Crippen MR) is 77.7 cm³/mol. The van der Waals surface area contributed by atoms with Gasteiger partial charge in [0.15, 0.2) is 0 Å². The van der Waals surface area contributed by atoms with Crippen LogP contribution in [0.3, 0.4) is 0 Å². The fourth-order valence-electron chi connectivity index (χ4n) is 3.58. The van der Waals surface area contributed by atoms with Crippen LogP contribution in [0.15, 0.2) is 0 Å². The Morgan fingerprint density at radius 1 is 1.44 bits per heavy atom. The van der Waals surface area contributed by atoms with E-state index in [1.807, 2.05) is 0 Å². The van der Waals surface area contributed by atoms with Gasteiger partial charge in [0, 0.05) is 25.3 Å². The average molecular weight is 256 g/mol. The zero-order valence-electron chi connectivity index (χ0n) is 12.9. The van der Waals surface area contributed by atoms with Crippen molar-refractivity contribution in [3.8, 4) is 0 Å². The summed E-state index contributed by atoms with van der Waals surface area (Å²) < 4.78 is 5.20. The highest BCUT2D eigenvalue weighted by atomic mass is 16.5. The van der Waals surface area contributed by atoms with E-state index in [0.717, 1.165) is 18.9 Å². The van der Waals surface area contributed by atoms with Crippen molar-refractivity contribution in [2.24, 2.45) is 17.6 Å². The normalized spacial score (nSPS) is 32.5. The molecule has 0 radical (unpaired) electrons. The lowest BCUT2D eigenvalue weighted by molar-refractivity contribution is 0.0274. The molecule has 1 aliphatic rings. The molecule has 0 heterocycles. The standard InChI is InChI=1S/C15H32N2O/c1-12-7-6-9-15(11-12,17(3)4)14(16)13(2)8-10-18-5/h12-14H,6-11,16H2,1-5H3. The van der Waals surface area contributed by atoms with Gasteiger partial charge in [-0.25, -0.2) is 0 Å². The molecular formula is C15H32N2O. The number of likely N-dealkylation sites (N-methyl/N-ethyl adjacent to an activating group) is 1. The van der Waals surface area contributed by atoms with E-state index in [4.69, 9.17) is 10.5 Å². The van der Waals surface area contributed by atoms with Gasteiger partial charge in [-0.3, -0.25) is 0 Å². The maximum atomic E-state index is 6.63. The maximum absolute atomic E-state index is 6.63. The molecule has 3 nitrogen and oxygen atoms in total. The molecule has 0 aliphatic heterocycles. The first kappa shape index (κ1) is 15.9. The van der Waals surface area contributed by atoms with Crippen LogP contribution in [0.2, 0.25) is 0 Å². The molecule has 3 heteroatoms. The first-order valence-corrected chi connectivity index (χ1v) is 7.36. The molecule has 1 rings (SSSR count). The molecule has 0 aromatic heterocycles. The van der Waals surface area contributed by atoms with Gasteiger partial charge < -0.3 is 15.4 Å². The summed E-state index contributed by atoms with van der Waals surface area (Å²) in [7, 11) is 6.16. The first-order chi connectivity index (χ1) is 8.44. The molecule has 0 bridgehead atoms. The third-order valence-electron chi connectivity index (χ3n) is 4.91. The molecule has 0 aromatic rings. The smallest absolute Gasteiger partial charge is 0.0465 e. The Bertz CT molecular complexity index is 245. The molecule has 18 heavy (non-hydrogen) atoms. The van der Waals surface area contributed by atoms with Crippen molar-refractivity contribution < 1.29 is 4.74 Å². The van der Waals surface area contributed by atoms with Gasteiger partial charge >= 0.3 is 0 Å². The predicted octanol–water partition coefficient (Wildman–Crippen LogP) is 2.50. The van der Waals surface area contributed by atoms with Crippen molar-refractivity contribution in [3.05, 3.63) is 0 Å². The van der Waals surface area contributed by atoms with Crippen LogP contribution >= 0.6 is 0 Å². The van der Waals surface area contributed by atoms with Gasteiger partial charge in [-0.05, 0) is 45.2 Å². The van der Waals surface area contributed by atoms with Gasteiger partial charge in [-0.1, -0.05) is 26.7 Å². The molecule has 0 saturated heterocycles. The monoisotopic (exact) mass is 256 g/mol. The zero-order chi connectivity index (χ0) is 13.8. The Hall–Kier alpha value is -0.120. The topological polar surface area (TPSA) is 38.5 Å². The molecule has 0 amide bonds. The summed E-state index contributed by atoms with van der Waals surface area (Å²) in [5.41, 5.74) is 6.82. The highest BCUT2D eigenvalue weighted by Gasteiger charge is 2.43. The molecule has 0 aromatic carbocycles. The number of hydrogen-bond acceptors (Lipinski definition) is 3. The highest BCUT2D eigenvalue weighted by molar-refractivity contribution is 5.02. The minimum absolute atomic E-state index is 0.185. The molecule has 108 valence electrons. The summed E-state index contributed by atoms with van der Waals surface area (Å²) in [6, 6.07) is 0.241. The van der Waals surface area contributed by atoms with E-state index in [9.17, 15) is 0 Å². The summed E-state index contributed by atoms with van der Waals surface area (Å²) in [5.74, 6) is 1.31. The van der Waals surface area contributed by atoms with Crippen LogP contribution in [0.5, 0.6) is 0 Å². The van der Waals surface area contributed by atoms with Crippen molar-refractivity contribution in [2.75, 3.05) is 27.8 Å². The van der Waals surface area contributed by atoms with Gasteiger partial charge in [-0.2, -0.15) is 0 Å². The third-order valence-corrected chi connectivity index (χ3v) is 4.91. The fraction of sp³-hybridized carbons (Fsp3) is 1.00. The van der Waals surface area contributed by atoms with Crippen molar-refractivity contribution in [1.29, 1.82) is 0 Å². The second kappa shape index (κ2) is 6.88. The number of ether oxygens (including phenoxy) is 1. The Morgan fingerprint density at radius 2 is 2.11 bits per heavy atom. The van der Waals surface area contributed by atoms with Gasteiger partial charge in [0.05, 0.1) is 0 Å². The number of hydrogen-bond donors (Lipinski definition) is 1. The SMILES string of the molecule is COCCC(C)C(N)C1(N(C)C)CCCC(C)C1. The molecule has 4 atom stereocenters. The summed E-state index contributed by atoms with van der Waals surface area (Å²) in [6.07, 6.45) is 6.20. The quantitative estimate of drug-likeness (QED) is 0.793. The lowest BCUT2D eigenvalue weighted by Gasteiger charge is -2.50. The average Bonchev–Trinajstić information content (AvgIpc) is 2.34. The van der Waals surface area contributed by atoms with Crippen LogP contribution in [0, 0.1) is 11.8 Å². The van der Waals surface area contributed by atoms with Gasteiger partial charge in [0.2, 0.25) is 0 Å². The van der Waals surface area contributed by atoms with Crippen LogP contribution in [0.4, 0.5) is 0 Å². The van der Waals surface area contributed by atoms with Gasteiger partial charge in [0.25, 0.3) is 0 Å². The van der Waals surface area contributed by atoms with Crippen molar-refractivity contribution >= 4 is 0 Å². The number of nitrogens with two attached hydrogens (primary N) is 1. The van der Waals surface area contributed by atoms with E-state index < -0.39 is 0 Å². The van der Waals surface area contributed by atoms with E-state index >= 15 is 0 Å². The lowest BCUT2D eigenvalue weighted by atomic mass is 9.68. The van der Waals surface area contributed by atoms with Crippen molar-refractivity contribution in [3.63, 3.8) is 0 Å². The Kier molecular flexibility index (Phi) is 6.09. The third kappa shape index (κ3) is 3.46. The van der Waals surface area contributed by atoms with Gasteiger partial charge in [0.1, 0.15) is 0 Å². The largest absolute Gasteiger partial charge is 0.385 e. The Morgan fingerprint density at radius 3 is 2.61 bits per heavy atom. The van der Waals surface area contributed by atoms with E-state index in [2.05, 4.69) is 32.8 Å². The Balaban J connectivity index is 2.76. The van der Waals surface area contributed by atoms with Gasteiger partial charge in [-0.15, -0.1) is 0 Å². The number of methoxy groups -OCH3 is 1. The molecule has 1 aliphatic carbocycles. The van der Waals surface area contributed by atoms with Crippen LogP contribution in [-0.4, -0.2) is 44.3 Å². The molecular weight excluding hydrogens is 224 g/mol.